The molecule has 1 aliphatic carbocycles. The highest BCUT2D eigenvalue weighted by Crippen LogP contribution is 2.25. The van der Waals surface area contributed by atoms with Crippen LogP contribution in [-0.2, 0) is 14.3 Å². The van der Waals surface area contributed by atoms with Crippen molar-refractivity contribution in [3.8, 4) is 0 Å². The first-order chi connectivity index (χ1) is 7.61. The molecule has 0 N–H and O–H groups in total. The Labute approximate surface area is 96.1 Å². The normalized spacial score (nSPS) is 20.4. The van der Waals surface area contributed by atoms with Crippen LogP contribution in [-0.4, -0.2) is 24.2 Å². The molecule has 0 aromatic heterocycles. The van der Waals surface area contributed by atoms with Gasteiger partial charge in [0.1, 0.15) is 0 Å². The fourth-order valence-electron chi connectivity index (χ4n) is 2.01. The van der Waals surface area contributed by atoms with Gasteiger partial charge in [0, 0.05) is 19.1 Å². The fraction of sp³-hybridized carbons (Fsp3) is 0.750. The van der Waals surface area contributed by atoms with E-state index in [-0.39, 0.29) is 11.9 Å². The van der Waals surface area contributed by atoms with Gasteiger partial charge >= 0.3 is 5.97 Å². The van der Waals surface area contributed by atoms with E-state index in [4.69, 9.17) is 4.74 Å². The summed E-state index contributed by atoms with van der Waals surface area (Å²) in [6.07, 6.45) is 4.05. The van der Waals surface area contributed by atoms with E-state index in [9.17, 15) is 9.59 Å². The molecule has 1 aliphatic rings. The molecule has 1 saturated carbocycles. The number of carbonyl (C=O) groups excluding carboxylic acids is 2. The van der Waals surface area contributed by atoms with E-state index >= 15 is 0 Å². The van der Waals surface area contributed by atoms with Crippen LogP contribution in [0.25, 0.3) is 0 Å². The quantitative estimate of drug-likeness (QED) is 0.691. The summed E-state index contributed by atoms with van der Waals surface area (Å²) in [5, 5.41) is 0. The minimum absolute atomic E-state index is 0.112. The molecule has 0 spiro atoms. The highest BCUT2D eigenvalue weighted by atomic mass is 16.5. The number of nitrogens with zero attached hydrogens (tertiary/aromatic N) is 1. The zero-order valence-corrected chi connectivity index (χ0v) is 9.99. The molecule has 0 bridgehead atoms. The largest absolute Gasteiger partial charge is 0.466 e. The summed E-state index contributed by atoms with van der Waals surface area (Å²) in [5.41, 5.74) is 0.979. The van der Waals surface area contributed by atoms with E-state index in [1.54, 1.807) is 0 Å². The minimum atomic E-state index is -0.126. The van der Waals surface area contributed by atoms with E-state index < -0.39 is 0 Å². The van der Waals surface area contributed by atoms with E-state index in [1.165, 1.54) is 6.92 Å². The molecule has 90 valence electrons. The Hall–Kier alpha value is -1.19. The Kier molecular flexibility index (Phi) is 5.15. The molecule has 0 unspecified atom stereocenters. The van der Waals surface area contributed by atoms with Crippen LogP contribution in [0.4, 0.5) is 0 Å². The molecule has 16 heavy (non-hydrogen) atoms. The molecule has 0 heterocycles. The van der Waals surface area contributed by atoms with E-state index in [0.717, 1.165) is 31.4 Å². The van der Waals surface area contributed by atoms with Crippen molar-refractivity contribution < 1.29 is 14.3 Å². The van der Waals surface area contributed by atoms with Crippen LogP contribution in [0.2, 0.25) is 0 Å². The van der Waals surface area contributed by atoms with Crippen molar-refractivity contribution in [1.29, 1.82) is 0 Å². The Morgan fingerprint density at radius 1 is 1.38 bits per heavy atom. The number of ether oxygens (including phenoxy) is 1. The predicted octanol–water partition coefficient (Wildman–Crippen LogP) is 2.12. The molecule has 0 aliphatic heterocycles. The lowest BCUT2D eigenvalue weighted by atomic mass is 9.86. The Morgan fingerprint density at radius 3 is 2.50 bits per heavy atom. The van der Waals surface area contributed by atoms with Gasteiger partial charge in [-0.05, 0) is 38.5 Å². The number of hydrogen-bond acceptors (Lipinski definition) is 3. The summed E-state index contributed by atoms with van der Waals surface area (Å²) in [5.74, 6) is 0.156. The first kappa shape index (κ1) is 12.9. The zero-order valence-electron chi connectivity index (χ0n) is 9.99. The molecule has 1 amide bonds. The first-order valence-corrected chi connectivity index (χ1v) is 5.84. The topological polar surface area (TPSA) is 55.7 Å². The van der Waals surface area contributed by atoms with Crippen molar-refractivity contribution in [2.45, 2.75) is 46.0 Å². The van der Waals surface area contributed by atoms with Gasteiger partial charge < -0.3 is 4.74 Å². The van der Waals surface area contributed by atoms with Crippen LogP contribution < -0.4 is 0 Å². The van der Waals surface area contributed by atoms with Crippen molar-refractivity contribution in [3.05, 3.63) is 0 Å². The van der Waals surface area contributed by atoms with Crippen LogP contribution >= 0.6 is 0 Å². The summed E-state index contributed by atoms with van der Waals surface area (Å²) in [4.78, 5) is 26.0. The van der Waals surface area contributed by atoms with E-state index in [2.05, 4.69) is 4.99 Å². The van der Waals surface area contributed by atoms with Gasteiger partial charge in [-0.15, -0.1) is 0 Å². The zero-order chi connectivity index (χ0) is 12.0. The molecule has 1 fully saturated rings. The van der Waals surface area contributed by atoms with Gasteiger partial charge in [0.05, 0.1) is 6.61 Å². The predicted molar refractivity (Wildman–Crippen MR) is 61.3 cm³/mol. The van der Waals surface area contributed by atoms with Crippen LogP contribution in [0.5, 0.6) is 0 Å². The average Bonchev–Trinajstić information content (AvgIpc) is 2.20. The number of aliphatic imine (C=N–C) groups is 1. The lowest BCUT2D eigenvalue weighted by Crippen LogP contribution is -2.19. The second-order valence-corrected chi connectivity index (χ2v) is 4.15. The molecule has 0 aromatic carbocycles. The Balaban J connectivity index is 2.32. The van der Waals surface area contributed by atoms with Gasteiger partial charge in [-0.1, -0.05) is 0 Å². The maximum atomic E-state index is 11.3. The van der Waals surface area contributed by atoms with Crippen LogP contribution in [0.1, 0.15) is 46.0 Å². The summed E-state index contributed by atoms with van der Waals surface area (Å²) >= 11 is 0. The lowest BCUT2D eigenvalue weighted by molar-refractivity contribution is -0.144. The van der Waals surface area contributed by atoms with Crippen molar-refractivity contribution in [2.75, 3.05) is 6.61 Å². The highest BCUT2D eigenvalue weighted by molar-refractivity contribution is 5.95. The second-order valence-electron chi connectivity index (χ2n) is 4.15. The summed E-state index contributed by atoms with van der Waals surface area (Å²) in [6, 6.07) is 0. The first-order valence-electron chi connectivity index (χ1n) is 5.84. The second kappa shape index (κ2) is 6.40. The van der Waals surface area contributed by atoms with Crippen LogP contribution in [0, 0.1) is 5.92 Å². The number of rotatable bonds is 3. The average molecular weight is 225 g/mol. The van der Waals surface area contributed by atoms with Gasteiger partial charge in [0.25, 0.3) is 0 Å². The summed E-state index contributed by atoms with van der Waals surface area (Å²) in [6.45, 7) is 3.73. The lowest BCUT2D eigenvalue weighted by Gasteiger charge is -2.21. The molecular weight excluding hydrogens is 206 g/mol. The van der Waals surface area contributed by atoms with Gasteiger partial charge in [-0.3, -0.25) is 9.59 Å². The third-order valence-corrected chi connectivity index (χ3v) is 2.76. The van der Waals surface area contributed by atoms with Gasteiger partial charge in [0.15, 0.2) is 0 Å². The third-order valence-electron chi connectivity index (χ3n) is 2.76. The number of amides is 1. The maximum Gasteiger partial charge on any atom is 0.306 e. The number of esters is 1. The van der Waals surface area contributed by atoms with Gasteiger partial charge in [-0.2, -0.15) is 0 Å². The molecule has 0 saturated heterocycles. The Bertz CT molecular complexity index is 287. The van der Waals surface area contributed by atoms with E-state index in [1.807, 2.05) is 6.92 Å². The molecule has 4 nitrogen and oxygen atoms in total. The fourth-order valence-corrected chi connectivity index (χ4v) is 2.01. The van der Waals surface area contributed by atoms with Crippen LogP contribution in [0.3, 0.4) is 0 Å². The number of carbonyl (C=O) groups is 2. The standard InChI is InChI=1S/C12H19NO3/c1-3-16-12(15)8-10-4-6-11(7-5-10)13-9(2)14/h10H,3-8H2,1-2H3. The number of hydrogen-bond donors (Lipinski definition) is 0. The monoisotopic (exact) mass is 225 g/mol. The molecule has 1 rings (SSSR count). The minimum Gasteiger partial charge on any atom is -0.466 e. The van der Waals surface area contributed by atoms with Gasteiger partial charge in [0.2, 0.25) is 5.91 Å². The molecule has 0 radical (unpaired) electrons. The summed E-state index contributed by atoms with van der Waals surface area (Å²) < 4.78 is 4.91. The third kappa shape index (κ3) is 4.55. The highest BCUT2D eigenvalue weighted by Gasteiger charge is 2.20. The molecule has 0 aromatic rings. The summed E-state index contributed by atoms with van der Waals surface area (Å²) in [7, 11) is 0. The Morgan fingerprint density at radius 2 is 2.00 bits per heavy atom. The smallest absolute Gasteiger partial charge is 0.306 e. The van der Waals surface area contributed by atoms with Crippen molar-refractivity contribution in [3.63, 3.8) is 0 Å². The van der Waals surface area contributed by atoms with Crippen LogP contribution in [0.15, 0.2) is 4.99 Å². The SMILES string of the molecule is CCOC(=O)CC1CCC(=NC(C)=O)CC1. The van der Waals surface area contributed by atoms with Crippen molar-refractivity contribution >= 4 is 17.6 Å². The molecule has 4 heteroatoms. The molecule has 0 atom stereocenters. The van der Waals surface area contributed by atoms with Gasteiger partial charge in [-0.25, -0.2) is 4.99 Å². The van der Waals surface area contributed by atoms with Crippen molar-refractivity contribution in [2.24, 2.45) is 10.9 Å². The van der Waals surface area contributed by atoms with E-state index in [0.29, 0.717) is 18.9 Å². The molecular formula is C12H19NO3. The maximum absolute atomic E-state index is 11.3. The van der Waals surface area contributed by atoms with Crippen molar-refractivity contribution in [1.82, 2.24) is 0 Å².